The van der Waals surface area contributed by atoms with Crippen molar-refractivity contribution in [2.45, 2.75) is 27.2 Å². The van der Waals surface area contributed by atoms with Crippen LogP contribution in [0, 0.1) is 13.8 Å². The Bertz CT molecular complexity index is 673. The number of carbonyl (C=O) groups is 2. The predicted octanol–water partition coefficient (Wildman–Crippen LogP) is 3.30. The molecule has 0 saturated heterocycles. The largest absolute Gasteiger partial charge is 0.326 e. The molecule has 2 aromatic rings. The fourth-order valence-electron chi connectivity index (χ4n) is 2.05. The van der Waals surface area contributed by atoms with Crippen LogP contribution in [0.1, 0.15) is 35.0 Å². The highest BCUT2D eigenvalue weighted by Crippen LogP contribution is 2.13. The molecule has 0 fully saturated rings. The molecule has 2 N–H and O–H groups in total. The summed E-state index contributed by atoms with van der Waals surface area (Å²) in [5, 5.41) is 5.51. The van der Waals surface area contributed by atoms with E-state index in [0.29, 0.717) is 23.5 Å². The molecule has 114 valence electrons. The van der Waals surface area contributed by atoms with Gasteiger partial charge >= 0.3 is 0 Å². The molecule has 0 unspecified atom stereocenters. The number of aryl methyl sites for hydroxylation is 2. The summed E-state index contributed by atoms with van der Waals surface area (Å²) in [6, 6.07) is 10.5. The molecule has 0 aliphatic carbocycles. The molecule has 5 nitrogen and oxygen atoms in total. The second kappa shape index (κ2) is 6.85. The van der Waals surface area contributed by atoms with Gasteiger partial charge in [0, 0.05) is 23.4 Å². The van der Waals surface area contributed by atoms with E-state index in [-0.39, 0.29) is 11.8 Å². The summed E-state index contributed by atoms with van der Waals surface area (Å²) in [5.41, 5.74) is 3.08. The SMILES string of the molecule is CCC(=O)Nc1ccc(C(=O)Nc2cc(C)cc(C)n2)cc1. The summed E-state index contributed by atoms with van der Waals surface area (Å²) in [6.07, 6.45) is 0.417. The van der Waals surface area contributed by atoms with Gasteiger partial charge in [0.2, 0.25) is 5.91 Å². The van der Waals surface area contributed by atoms with E-state index in [1.54, 1.807) is 31.2 Å². The molecule has 1 aromatic heterocycles. The maximum Gasteiger partial charge on any atom is 0.256 e. The minimum Gasteiger partial charge on any atom is -0.326 e. The van der Waals surface area contributed by atoms with E-state index < -0.39 is 0 Å². The molecule has 22 heavy (non-hydrogen) atoms. The molecular formula is C17H19N3O2. The summed E-state index contributed by atoms with van der Waals surface area (Å²) in [4.78, 5) is 27.8. The smallest absolute Gasteiger partial charge is 0.256 e. The highest BCUT2D eigenvalue weighted by molar-refractivity contribution is 6.04. The average Bonchev–Trinajstić information content (AvgIpc) is 2.46. The molecule has 0 atom stereocenters. The van der Waals surface area contributed by atoms with E-state index in [4.69, 9.17) is 0 Å². The molecule has 0 radical (unpaired) electrons. The number of carbonyl (C=O) groups excluding carboxylic acids is 2. The van der Waals surface area contributed by atoms with E-state index in [9.17, 15) is 9.59 Å². The topological polar surface area (TPSA) is 71.1 Å². The van der Waals surface area contributed by atoms with Gasteiger partial charge in [-0.3, -0.25) is 9.59 Å². The van der Waals surface area contributed by atoms with Gasteiger partial charge in [0.1, 0.15) is 5.82 Å². The summed E-state index contributed by atoms with van der Waals surface area (Å²) in [6.45, 7) is 5.62. The Morgan fingerprint density at radius 2 is 1.73 bits per heavy atom. The number of amides is 2. The molecule has 0 aliphatic heterocycles. The normalized spacial score (nSPS) is 10.1. The van der Waals surface area contributed by atoms with Crippen molar-refractivity contribution in [2.75, 3.05) is 10.6 Å². The zero-order valence-corrected chi connectivity index (χ0v) is 12.9. The number of aromatic nitrogens is 1. The van der Waals surface area contributed by atoms with Crippen LogP contribution < -0.4 is 10.6 Å². The monoisotopic (exact) mass is 297 g/mol. The second-order valence-corrected chi connectivity index (χ2v) is 5.10. The third-order valence-corrected chi connectivity index (χ3v) is 3.09. The Morgan fingerprint density at radius 3 is 2.32 bits per heavy atom. The van der Waals surface area contributed by atoms with Crippen molar-refractivity contribution in [3.63, 3.8) is 0 Å². The number of benzene rings is 1. The summed E-state index contributed by atoms with van der Waals surface area (Å²) >= 11 is 0. The molecule has 0 aliphatic rings. The Balaban J connectivity index is 2.08. The molecule has 0 spiro atoms. The summed E-state index contributed by atoms with van der Waals surface area (Å²) in [5.74, 6) is 0.244. The number of rotatable bonds is 4. The van der Waals surface area contributed by atoms with Crippen LogP contribution >= 0.6 is 0 Å². The molecule has 5 heteroatoms. The van der Waals surface area contributed by atoms with Crippen LogP contribution in [-0.2, 0) is 4.79 Å². The highest BCUT2D eigenvalue weighted by Gasteiger charge is 2.08. The fourth-order valence-corrected chi connectivity index (χ4v) is 2.05. The molecule has 1 heterocycles. The number of nitrogens with one attached hydrogen (secondary N) is 2. The summed E-state index contributed by atoms with van der Waals surface area (Å²) < 4.78 is 0. The van der Waals surface area contributed by atoms with Crippen LogP contribution in [0.5, 0.6) is 0 Å². The van der Waals surface area contributed by atoms with Crippen LogP contribution in [0.2, 0.25) is 0 Å². The van der Waals surface area contributed by atoms with Gasteiger partial charge in [-0.25, -0.2) is 4.98 Å². The van der Waals surface area contributed by atoms with Crippen molar-refractivity contribution >= 4 is 23.3 Å². The first-order chi connectivity index (χ1) is 10.5. The lowest BCUT2D eigenvalue weighted by Gasteiger charge is -2.08. The van der Waals surface area contributed by atoms with Gasteiger partial charge in [-0.15, -0.1) is 0 Å². The van der Waals surface area contributed by atoms with Gasteiger partial charge in [0.05, 0.1) is 0 Å². The van der Waals surface area contributed by atoms with E-state index in [1.165, 1.54) is 0 Å². The first kappa shape index (κ1) is 15.7. The van der Waals surface area contributed by atoms with Gasteiger partial charge in [-0.2, -0.15) is 0 Å². The first-order valence-electron chi connectivity index (χ1n) is 7.14. The lowest BCUT2D eigenvalue weighted by Crippen LogP contribution is -2.14. The van der Waals surface area contributed by atoms with Crippen LogP contribution in [-0.4, -0.2) is 16.8 Å². The Kier molecular flexibility index (Phi) is 4.88. The summed E-state index contributed by atoms with van der Waals surface area (Å²) in [7, 11) is 0. The van der Waals surface area contributed by atoms with Crippen LogP contribution in [0.15, 0.2) is 36.4 Å². The first-order valence-corrected chi connectivity index (χ1v) is 7.14. The Hall–Kier alpha value is -2.69. The quantitative estimate of drug-likeness (QED) is 0.909. The molecule has 0 bridgehead atoms. The second-order valence-electron chi connectivity index (χ2n) is 5.10. The third kappa shape index (κ3) is 4.15. The minimum absolute atomic E-state index is 0.0587. The van der Waals surface area contributed by atoms with E-state index in [0.717, 1.165) is 11.3 Å². The molecule has 1 aromatic carbocycles. The van der Waals surface area contributed by atoms with Crippen LogP contribution in [0.25, 0.3) is 0 Å². The van der Waals surface area contributed by atoms with Crippen LogP contribution in [0.4, 0.5) is 11.5 Å². The zero-order chi connectivity index (χ0) is 16.1. The average molecular weight is 297 g/mol. The molecule has 2 rings (SSSR count). The van der Waals surface area contributed by atoms with Crippen molar-refractivity contribution in [3.8, 4) is 0 Å². The lowest BCUT2D eigenvalue weighted by atomic mass is 10.2. The third-order valence-electron chi connectivity index (χ3n) is 3.09. The molecular weight excluding hydrogens is 278 g/mol. The number of nitrogens with zero attached hydrogens (tertiary/aromatic N) is 1. The lowest BCUT2D eigenvalue weighted by molar-refractivity contribution is -0.115. The van der Waals surface area contributed by atoms with Gasteiger partial charge in [-0.1, -0.05) is 6.92 Å². The Labute approximate surface area is 129 Å². The molecule has 2 amide bonds. The van der Waals surface area contributed by atoms with E-state index in [1.807, 2.05) is 26.0 Å². The van der Waals surface area contributed by atoms with Crippen molar-refractivity contribution < 1.29 is 9.59 Å². The van der Waals surface area contributed by atoms with Gasteiger partial charge in [0.15, 0.2) is 0 Å². The predicted molar refractivity (Wildman–Crippen MR) is 87.0 cm³/mol. The van der Waals surface area contributed by atoms with Crippen molar-refractivity contribution in [3.05, 3.63) is 53.2 Å². The number of hydrogen-bond donors (Lipinski definition) is 2. The number of pyridine rings is 1. The maximum atomic E-state index is 12.2. The van der Waals surface area contributed by atoms with E-state index >= 15 is 0 Å². The number of hydrogen-bond acceptors (Lipinski definition) is 3. The van der Waals surface area contributed by atoms with Gasteiger partial charge in [0.25, 0.3) is 5.91 Å². The van der Waals surface area contributed by atoms with E-state index in [2.05, 4.69) is 15.6 Å². The minimum atomic E-state index is -0.231. The Morgan fingerprint density at radius 1 is 1.05 bits per heavy atom. The van der Waals surface area contributed by atoms with Crippen molar-refractivity contribution in [1.29, 1.82) is 0 Å². The van der Waals surface area contributed by atoms with Crippen molar-refractivity contribution in [1.82, 2.24) is 4.98 Å². The zero-order valence-electron chi connectivity index (χ0n) is 12.9. The van der Waals surface area contributed by atoms with Crippen molar-refractivity contribution in [2.24, 2.45) is 0 Å². The number of anilines is 2. The van der Waals surface area contributed by atoms with Crippen LogP contribution in [0.3, 0.4) is 0 Å². The van der Waals surface area contributed by atoms with Gasteiger partial charge in [-0.05, 0) is 55.8 Å². The maximum absolute atomic E-state index is 12.2. The fraction of sp³-hybridized carbons (Fsp3) is 0.235. The molecule has 0 saturated carbocycles. The standard InChI is InChI=1S/C17H19N3O2/c1-4-16(21)19-14-7-5-13(6-8-14)17(22)20-15-10-11(2)9-12(3)18-15/h5-10H,4H2,1-3H3,(H,19,21)(H,18,20,22). The van der Waals surface area contributed by atoms with Gasteiger partial charge < -0.3 is 10.6 Å². The highest BCUT2D eigenvalue weighted by atomic mass is 16.2.